The number of aryl methyl sites for hydroxylation is 1. The zero-order valence-electron chi connectivity index (χ0n) is 15.3. The smallest absolute Gasteiger partial charge is 0.237 e. The van der Waals surface area contributed by atoms with Gasteiger partial charge in [0.05, 0.1) is 24.7 Å². The number of amides is 1. The molecule has 0 fully saturated rings. The molecule has 1 aromatic carbocycles. The van der Waals surface area contributed by atoms with Crippen molar-refractivity contribution in [3.8, 4) is 5.75 Å². The molecule has 0 aliphatic heterocycles. The molecule has 1 unspecified atom stereocenters. The molecule has 0 spiro atoms. The van der Waals surface area contributed by atoms with E-state index in [9.17, 15) is 4.79 Å². The number of methoxy groups -OCH3 is 2. The maximum absolute atomic E-state index is 12.5. The molecule has 0 aliphatic carbocycles. The van der Waals surface area contributed by atoms with Crippen molar-refractivity contribution < 1.29 is 14.3 Å². The van der Waals surface area contributed by atoms with Gasteiger partial charge in [0.1, 0.15) is 5.75 Å². The molecule has 0 saturated carbocycles. The average Bonchev–Trinajstić information content (AvgIpc) is 2.87. The number of thioether (sulfide) groups is 1. The molecule has 2 rings (SSSR count). The fourth-order valence-electron chi connectivity index (χ4n) is 2.29. The summed E-state index contributed by atoms with van der Waals surface area (Å²) in [5, 5.41) is 3.48. The van der Waals surface area contributed by atoms with Gasteiger partial charge in [-0.15, -0.1) is 0 Å². The van der Waals surface area contributed by atoms with Crippen LogP contribution >= 0.6 is 11.8 Å². The van der Waals surface area contributed by atoms with Crippen molar-refractivity contribution in [2.75, 3.05) is 26.1 Å². The number of carbonyl (C=O) groups is 1. The second-order valence-electron chi connectivity index (χ2n) is 5.69. The molecule has 1 atom stereocenters. The van der Waals surface area contributed by atoms with Crippen LogP contribution in [0.25, 0.3) is 0 Å². The van der Waals surface area contributed by atoms with Crippen LogP contribution in [0.1, 0.15) is 18.3 Å². The van der Waals surface area contributed by atoms with Crippen LogP contribution in [0.5, 0.6) is 5.75 Å². The van der Waals surface area contributed by atoms with E-state index in [1.165, 1.54) is 11.8 Å². The zero-order chi connectivity index (χ0) is 18.4. The number of ether oxygens (including phenoxy) is 2. The number of nitrogens with one attached hydrogen (secondary N) is 1. The molecule has 0 aliphatic rings. The van der Waals surface area contributed by atoms with Gasteiger partial charge in [-0.05, 0) is 45.0 Å². The molecule has 136 valence electrons. The summed E-state index contributed by atoms with van der Waals surface area (Å²) >= 11 is 1.45. The van der Waals surface area contributed by atoms with E-state index < -0.39 is 0 Å². The summed E-state index contributed by atoms with van der Waals surface area (Å²) in [7, 11) is 3.29. The highest BCUT2D eigenvalue weighted by Gasteiger charge is 2.19. The normalized spacial score (nSPS) is 12.0. The van der Waals surface area contributed by atoms with Gasteiger partial charge >= 0.3 is 0 Å². The molecule has 7 heteroatoms. The molecule has 6 nitrogen and oxygen atoms in total. The summed E-state index contributed by atoms with van der Waals surface area (Å²) in [5.41, 5.74) is 2.82. The first-order valence-electron chi connectivity index (χ1n) is 8.10. The Morgan fingerprint density at radius 1 is 1.28 bits per heavy atom. The van der Waals surface area contributed by atoms with Gasteiger partial charge in [0.2, 0.25) is 5.91 Å². The lowest BCUT2D eigenvalue weighted by molar-refractivity contribution is -0.115. The second kappa shape index (κ2) is 8.92. The van der Waals surface area contributed by atoms with E-state index in [4.69, 9.17) is 9.47 Å². The Morgan fingerprint density at radius 2 is 1.96 bits per heavy atom. The van der Waals surface area contributed by atoms with E-state index in [-0.39, 0.29) is 11.2 Å². The number of aromatic nitrogens is 2. The molecule has 0 radical (unpaired) electrons. The molecule has 0 bridgehead atoms. The summed E-state index contributed by atoms with van der Waals surface area (Å²) in [6, 6.07) is 7.28. The minimum Gasteiger partial charge on any atom is -0.497 e. The molecule has 1 amide bonds. The van der Waals surface area contributed by atoms with Gasteiger partial charge in [0.15, 0.2) is 5.16 Å². The maximum atomic E-state index is 12.5. The highest BCUT2D eigenvalue weighted by molar-refractivity contribution is 8.00. The molecule has 0 saturated heterocycles. The topological polar surface area (TPSA) is 65.4 Å². The van der Waals surface area contributed by atoms with Crippen molar-refractivity contribution in [3.05, 3.63) is 35.7 Å². The maximum Gasteiger partial charge on any atom is 0.237 e. The van der Waals surface area contributed by atoms with E-state index in [0.717, 1.165) is 34.5 Å². The molecular formula is C18H25N3O3S. The van der Waals surface area contributed by atoms with Gasteiger partial charge in [-0.3, -0.25) is 4.79 Å². The van der Waals surface area contributed by atoms with Crippen LogP contribution in [0.3, 0.4) is 0 Å². The molecule has 2 aromatic rings. The largest absolute Gasteiger partial charge is 0.497 e. The van der Waals surface area contributed by atoms with Gasteiger partial charge < -0.3 is 19.4 Å². The number of hydrogen-bond acceptors (Lipinski definition) is 5. The number of imidazole rings is 1. The zero-order valence-corrected chi connectivity index (χ0v) is 16.1. The monoisotopic (exact) mass is 363 g/mol. The Hall–Kier alpha value is -1.99. The third-order valence-corrected chi connectivity index (χ3v) is 5.04. The summed E-state index contributed by atoms with van der Waals surface area (Å²) in [5.74, 6) is 0.693. The minimum atomic E-state index is -0.274. The van der Waals surface area contributed by atoms with Crippen molar-refractivity contribution in [1.29, 1.82) is 0 Å². The minimum absolute atomic E-state index is 0.0632. The Balaban J connectivity index is 2.04. The van der Waals surface area contributed by atoms with Crippen LogP contribution in [0.2, 0.25) is 0 Å². The molecule has 1 N–H and O–H groups in total. The van der Waals surface area contributed by atoms with Crippen molar-refractivity contribution in [2.24, 2.45) is 0 Å². The number of anilines is 1. The first-order chi connectivity index (χ1) is 12.0. The number of carbonyl (C=O) groups excluding carboxylic acids is 1. The van der Waals surface area contributed by atoms with Gasteiger partial charge in [-0.2, -0.15) is 0 Å². The van der Waals surface area contributed by atoms with E-state index in [2.05, 4.69) is 14.9 Å². The number of nitrogens with zero attached hydrogens (tertiary/aromatic N) is 2. The summed E-state index contributed by atoms with van der Waals surface area (Å²) in [6.45, 7) is 7.22. The number of rotatable bonds is 8. The fourth-order valence-corrected chi connectivity index (χ4v) is 3.32. The van der Waals surface area contributed by atoms with Crippen molar-refractivity contribution in [2.45, 2.75) is 37.7 Å². The van der Waals surface area contributed by atoms with E-state index >= 15 is 0 Å². The van der Waals surface area contributed by atoms with Gasteiger partial charge in [0, 0.05) is 25.0 Å². The van der Waals surface area contributed by atoms with Crippen molar-refractivity contribution in [3.63, 3.8) is 0 Å². The van der Waals surface area contributed by atoms with Gasteiger partial charge in [-0.25, -0.2) is 4.98 Å². The average molecular weight is 363 g/mol. The highest BCUT2D eigenvalue weighted by atomic mass is 32.2. The Morgan fingerprint density at radius 3 is 2.56 bits per heavy atom. The lowest BCUT2D eigenvalue weighted by Gasteiger charge is -2.14. The molecule has 25 heavy (non-hydrogen) atoms. The van der Waals surface area contributed by atoms with Crippen LogP contribution < -0.4 is 10.1 Å². The van der Waals surface area contributed by atoms with E-state index in [1.807, 2.05) is 45.0 Å². The van der Waals surface area contributed by atoms with Crippen LogP contribution in [0, 0.1) is 13.8 Å². The summed E-state index contributed by atoms with van der Waals surface area (Å²) in [4.78, 5) is 17.1. The van der Waals surface area contributed by atoms with E-state index in [1.54, 1.807) is 14.2 Å². The van der Waals surface area contributed by atoms with Gasteiger partial charge in [-0.1, -0.05) is 11.8 Å². The first kappa shape index (κ1) is 19.3. The lowest BCUT2D eigenvalue weighted by atomic mass is 10.3. The Kier molecular flexibility index (Phi) is 6.90. The molecular weight excluding hydrogens is 338 g/mol. The Labute approximate surface area is 152 Å². The molecule has 1 aromatic heterocycles. The standard InChI is InChI=1S/C18H25N3O3S/c1-12-13(2)21(10-11-23-4)18(19-12)25-14(3)17(22)20-15-6-8-16(24-5)9-7-15/h6-9,14H,10-11H2,1-5H3,(H,20,22). The third-order valence-electron chi connectivity index (χ3n) is 3.95. The third kappa shape index (κ3) is 4.99. The van der Waals surface area contributed by atoms with E-state index in [0.29, 0.717) is 6.61 Å². The summed E-state index contributed by atoms with van der Waals surface area (Å²) in [6.07, 6.45) is 0. The highest BCUT2D eigenvalue weighted by Crippen LogP contribution is 2.26. The van der Waals surface area contributed by atoms with Gasteiger partial charge in [0.25, 0.3) is 0 Å². The van der Waals surface area contributed by atoms with Crippen molar-refractivity contribution >= 4 is 23.4 Å². The summed E-state index contributed by atoms with van der Waals surface area (Å²) < 4.78 is 12.4. The first-order valence-corrected chi connectivity index (χ1v) is 8.98. The SMILES string of the molecule is COCCn1c(SC(C)C(=O)Nc2ccc(OC)cc2)nc(C)c1C. The van der Waals surface area contributed by atoms with Crippen LogP contribution in [0.4, 0.5) is 5.69 Å². The van der Waals surface area contributed by atoms with Crippen LogP contribution in [-0.2, 0) is 16.1 Å². The predicted molar refractivity (Wildman–Crippen MR) is 101 cm³/mol. The quantitative estimate of drug-likeness (QED) is 0.729. The number of hydrogen-bond donors (Lipinski definition) is 1. The predicted octanol–water partition coefficient (Wildman–Crippen LogP) is 3.27. The van der Waals surface area contributed by atoms with Crippen LogP contribution in [0.15, 0.2) is 29.4 Å². The number of benzene rings is 1. The van der Waals surface area contributed by atoms with Crippen LogP contribution in [-0.4, -0.2) is 41.5 Å². The lowest BCUT2D eigenvalue weighted by Crippen LogP contribution is -2.23. The second-order valence-corrected chi connectivity index (χ2v) is 7.00. The molecule has 1 heterocycles. The fraction of sp³-hybridized carbons (Fsp3) is 0.444. The Bertz CT molecular complexity index is 713. The van der Waals surface area contributed by atoms with Crippen molar-refractivity contribution in [1.82, 2.24) is 9.55 Å².